The number of aromatic carboxylic acids is 1. The second kappa shape index (κ2) is 5.47. The number of rotatable bonds is 5. The minimum atomic E-state index is -0.932. The summed E-state index contributed by atoms with van der Waals surface area (Å²) in [5, 5.41) is 9.41. The molecule has 0 saturated heterocycles. The Morgan fingerprint density at radius 3 is 2.93 bits per heavy atom. The number of hydrogen-bond acceptors (Lipinski definition) is 2. The predicted molar refractivity (Wildman–Crippen MR) is 63.9 cm³/mol. The standard InChI is InChI=1S/C10H14ClNO2S/c1-7(6-15-2)4-12-5-8(11)3-9(12)10(13)14/h3,5,7H,4,6H2,1-2H3,(H,13,14). The van der Waals surface area contributed by atoms with Crippen LogP contribution in [0, 0.1) is 5.92 Å². The summed E-state index contributed by atoms with van der Waals surface area (Å²) in [4.78, 5) is 10.9. The average molecular weight is 248 g/mol. The summed E-state index contributed by atoms with van der Waals surface area (Å²) in [7, 11) is 0. The zero-order valence-corrected chi connectivity index (χ0v) is 10.3. The molecule has 0 aliphatic rings. The third kappa shape index (κ3) is 3.47. The summed E-state index contributed by atoms with van der Waals surface area (Å²) in [5.41, 5.74) is 0.257. The van der Waals surface area contributed by atoms with Crippen molar-refractivity contribution >= 4 is 29.3 Å². The quantitative estimate of drug-likeness (QED) is 0.870. The van der Waals surface area contributed by atoms with E-state index in [0.29, 0.717) is 17.5 Å². The summed E-state index contributed by atoms with van der Waals surface area (Å²) in [6.07, 6.45) is 3.71. The van der Waals surface area contributed by atoms with E-state index in [0.717, 1.165) is 5.75 Å². The maximum atomic E-state index is 10.9. The van der Waals surface area contributed by atoms with Crippen LogP contribution in [0.5, 0.6) is 0 Å². The summed E-state index contributed by atoms with van der Waals surface area (Å²) in [6, 6.07) is 1.48. The van der Waals surface area contributed by atoms with Gasteiger partial charge in [-0.25, -0.2) is 4.79 Å². The molecule has 0 aliphatic carbocycles. The fraction of sp³-hybridized carbons (Fsp3) is 0.500. The van der Waals surface area contributed by atoms with Gasteiger partial charge in [0.15, 0.2) is 0 Å². The van der Waals surface area contributed by atoms with Crippen LogP contribution in [0.25, 0.3) is 0 Å². The van der Waals surface area contributed by atoms with Gasteiger partial charge in [0.2, 0.25) is 0 Å². The molecular weight excluding hydrogens is 234 g/mol. The third-order valence-electron chi connectivity index (χ3n) is 2.04. The van der Waals surface area contributed by atoms with Gasteiger partial charge in [-0.15, -0.1) is 0 Å². The van der Waals surface area contributed by atoms with Gasteiger partial charge in [0.25, 0.3) is 0 Å². The molecule has 15 heavy (non-hydrogen) atoms. The predicted octanol–water partition coefficient (Wildman–Crippen LogP) is 2.84. The normalized spacial score (nSPS) is 12.7. The van der Waals surface area contributed by atoms with Crippen molar-refractivity contribution in [2.24, 2.45) is 5.92 Å². The molecule has 0 saturated carbocycles. The topological polar surface area (TPSA) is 42.2 Å². The van der Waals surface area contributed by atoms with Crippen LogP contribution < -0.4 is 0 Å². The fourth-order valence-electron chi connectivity index (χ4n) is 1.48. The zero-order valence-electron chi connectivity index (χ0n) is 8.74. The number of hydrogen-bond donors (Lipinski definition) is 1. The first-order valence-electron chi connectivity index (χ1n) is 4.62. The molecule has 1 atom stereocenters. The van der Waals surface area contributed by atoms with E-state index >= 15 is 0 Å². The molecule has 0 amide bonds. The fourth-order valence-corrected chi connectivity index (χ4v) is 2.37. The first-order valence-corrected chi connectivity index (χ1v) is 6.39. The van der Waals surface area contributed by atoms with Crippen molar-refractivity contribution in [3.63, 3.8) is 0 Å². The van der Waals surface area contributed by atoms with Gasteiger partial charge in [0.05, 0.1) is 5.02 Å². The lowest BCUT2D eigenvalue weighted by atomic mass is 10.2. The maximum absolute atomic E-state index is 10.9. The van der Waals surface area contributed by atoms with Gasteiger partial charge < -0.3 is 9.67 Å². The molecule has 84 valence electrons. The summed E-state index contributed by atoms with van der Waals surface area (Å²) < 4.78 is 1.70. The molecule has 0 spiro atoms. The number of carboxylic acid groups (broad SMARTS) is 1. The number of aromatic nitrogens is 1. The monoisotopic (exact) mass is 247 g/mol. The summed E-state index contributed by atoms with van der Waals surface area (Å²) in [5.74, 6) is 0.509. The van der Waals surface area contributed by atoms with Crippen LogP contribution in [0.15, 0.2) is 12.3 Å². The molecule has 5 heteroatoms. The molecule has 0 aliphatic heterocycles. The SMILES string of the molecule is CSCC(C)Cn1cc(Cl)cc1C(=O)O. The maximum Gasteiger partial charge on any atom is 0.352 e. The van der Waals surface area contributed by atoms with Crippen LogP contribution in [0.4, 0.5) is 0 Å². The van der Waals surface area contributed by atoms with Crippen molar-refractivity contribution in [2.45, 2.75) is 13.5 Å². The molecule has 1 aromatic rings. The Labute approximate surface area is 98.4 Å². The van der Waals surface area contributed by atoms with Crippen molar-refractivity contribution in [3.05, 3.63) is 23.0 Å². The molecule has 1 heterocycles. The lowest BCUT2D eigenvalue weighted by molar-refractivity contribution is 0.0684. The smallest absolute Gasteiger partial charge is 0.352 e. The summed E-state index contributed by atoms with van der Waals surface area (Å²) >= 11 is 7.54. The highest BCUT2D eigenvalue weighted by Crippen LogP contribution is 2.17. The number of thioether (sulfide) groups is 1. The Morgan fingerprint density at radius 2 is 2.40 bits per heavy atom. The van der Waals surface area contributed by atoms with Gasteiger partial charge >= 0.3 is 5.97 Å². The van der Waals surface area contributed by atoms with Crippen LogP contribution in [-0.4, -0.2) is 27.7 Å². The van der Waals surface area contributed by atoms with Gasteiger partial charge in [0, 0.05) is 12.7 Å². The molecule has 1 rings (SSSR count). The Balaban J connectivity index is 2.79. The van der Waals surface area contributed by atoms with Crippen molar-refractivity contribution in [3.8, 4) is 0 Å². The molecule has 0 bridgehead atoms. The largest absolute Gasteiger partial charge is 0.477 e. The second-order valence-corrected chi connectivity index (χ2v) is 4.91. The molecule has 1 unspecified atom stereocenters. The molecule has 1 N–H and O–H groups in total. The Kier molecular flexibility index (Phi) is 4.54. The van der Waals surface area contributed by atoms with Gasteiger partial charge in [0.1, 0.15) is 5.69 Å². The zero-order chi connectivity index (χ0) is 11.4. The molecular formula is C10H14ClNO2S. The minimum Gasteiger partial charge on any atom is -0.477 e. The molecule has 3 nitrogen and oxygen atoms in total. The Morgan fingerprint density at radius 1 is 1.73 bits per heavy atom. The van der Waals surface area contributed by atoms with Crippen molar-refractivity contribution in [1.82, 2.24) is 4.57 Å². The highest BCUT2D eigenvalue weighted by Gasteiger charge is 2.13. The average Bonchev–Trinajstić information content (AvgIpc) is 2.47. The lowest BCUT2D eigenvalue weighted by Gasteiger charge is -2.12. The Bertz CT molecular complexity index is 351. The van der Waals surface area contributed by atoms with E-state index in [1.54, 1.807) is 22.5 Å². The van der Waals surface area contributed by atoms with E-state index in [-0.39, 0.29) is 5.69 Å². The lowest BCUT2D eigenvalue weighted by Crippen LogP contribution is -2.14. The second-order valence-electron chi connectivity index (χ2n) is 3.56. The summed E-state index contributed by atoms with van der Waals surface area (Å²) in [6.45, 7) is 2.78. The van der Waals surface area contributed by atoms with E-state index in [2.05, 4.69) is 6.92 Å². The first kappa shape index (κ1) is 12.5. The van der Waals surface area contributed by atoms with Gasteiger partial charge in [-0.1, -0.05) is 18.5 Å². The van der Waals surface area contributed by atoms with Crippen LogP contribution >= 0.6 is 23.4 Å². The van der Waals surface area contributed by atoms with E-state index < -0.39 is 5.97 Å². The van der Waals surface area contributed by atoms with Crippen LogP contribution in [0.3, 0.4) is 0 Å². The van der Waals surface area contributed by atoms with Crippen molar-refractivity contribution < 1.29 is 9.90 Å². The van der Waals surface area contributed by atoms with E-state index in [1.165, 1.54) is 6.07 Å². The first-order chi connectivity index (χ1) is 7.04. The molecule has 0 radical (unpaired) electrons. The number of halogens is 1. The molecule has 0 fully saturated rings. The number of carboxylic acids is 1. The van der Waals surface area contributed by atoms with E-state index in [4.69, 9.17) is 16.7 Å². The highest BCUT2D eigenvalue weighted by molar-refractivity contribution is 7.98. The number of nitrogens with zero attached hydrogens (tertiary/aromatic N) is 1. The van der Waals surface area contributed by atoms with Crippen LogP contribution in [0.1, 0.15) is 17.4 Å². The highest BCUT2D eigenvalue weighted by atomic mass is 35.5. The van der Waals surface area contributed by atoms with E-state index in [9.17, 15) is 4.79 Å². The number of carbonyl (C=O) groups is 1. The Hall–Kier alpha value is -0.610. The van der Waals surface area contributed by atoms with Crippen molar-refractivity contribution in [1.29, 1.82) is 0 Å². The van der Waals surface area contributed by atoms with Crippen LogP contribution in [0.2, 0.25) is 5.02 Å². The van der Waals surface area contributed by atoms with Gasteiger partial charge in [-0.3, -0.25) is 0 Å². The molecule has 0 aromatic carbocycles. The minimum absolute atomic E-state index is 0.257. The van der Waals surface area contributed by atoms with Gasteiger partial charge in [-0.05, 0) is 24.0 Å². The van der Waals surface area contributed by atoms with E-state index in [1.807, 2.05) is 6.26 Å². The van der Waals surface area contributed by atoms with Crippen LogP contribution in [-0.2, 0) is 6.54 Å². The van der Waals surface area contributed by atoms with Crippen molar-refractivity contribution in [2.75, 3.05) is 12.0 Å². The van der Waals surface area contributed by atoms with Gasteiger partial charge in [-0.2, -0.15) is 11.8 Å². The molecule has 1 aromatic heterocycles. The third-order valence-corrected chi connectivity index (χ3v) is 3.15.